The fourth-order valence-electron chi connectivity index (χ4n) is 2.87. The van der Waals surface area contributed by atoms with Crippen LogP contribution in [0.25, 0.3) is 0 Å². The number of benzene rings is 1. The summed E-state index contributed by atoms with van der Waals surface area (Å²) in [6, 6.07) is 11.6. The predicted molar refractivity (Wildman–Crippen MR) is 105 cm³/mol. The van der Waals surface area contributed by atoms with Crippen LogP contribution in [0.4, 0.5) is 0 Å². The van der Waals surface area contributed by atoms with Crippen molar-refractivity contribution >= 4 is 18.7 Å². The highest BCUT2D eigenvalue weighted by atomic mass is 16.7. The van der Waals surface area contributed by atoms with Gasteiger partial charge >= 0.3 is 13.1 Å². The van der Waals surface area contributed by atoms with Crippen LogP contribution in [0.2, 0.25) is 0 Å². The maximum atomic E-state index is 12.2. The molecule has 8 heteroatoms. The van der Waals surface area contributed by atoms with Gasteiger partial charge < -0.3 is 18.8 Å². The molecule has 0 aliphatic carbocycles. The molecular weight excluding hydrogens is 359 g/mol. The Labute approximate surface area is 166 Å². The van der Waals surface area contributed by atoms with E-state index in [1.165, 1.54) is 7.11 Å². The Hall–Kier alpha value is -2.16. The second-order valence-electron chi connectivity index (χ2n) is 7.80. The third-order valence-corrected chi connectivity index (χ3v) is 5.25. The zero-order valence-corrected chi connectivity index (χ0v) is 17.1. The molecule has 1 saturated heterocycles. The van der Waals surface area contributed by atoms with Gasteiger partial charge in [-0.05, 0) is 39.3 Å². The molecule has 0 spiro atoms. The first-order valence-corrected chi connectivity index (χ1v) is 9.37. The second-order valence-corrected chi connectivity index (χ2v) is 7.80. The van der Waals surface area contributed by atoms with Crippen molar-refractivity contribution in [3.8, 4) is 0 Å². The Bertz CT molecular complexity index is 803. The van der Waals surface area contributed by atoms with Crippen molar-refractivity contribution in [3.05, 3.63) is 47.7 Å². The monoisotopic (exact) mass is 386 g/mol. The van der Waals surface area contributed by atoms with Crippen molar-refractivity contribution in [2.45, 2.75) is 52.0 Å². The molecule has 7 nitrogen and oxygen atoms in total. The van der Waals surface area contributed by atoms with E-state index in [9.17, 15) is 4.79 Å². The highest BCUT2D eigenvalue weighted by Crippen LogP contribution is 2.36. The first-order valence-electron chi connectivity index (χ1n) is 9.37. The zero-order chi connectivity index (χ0) is 20.4. The molecule has 0 atom stereocenters. The lowest BCUT2D eigenvalue weighted by Crippen LogP contribution is -2.41. The molecule has 0 bridgehead atoms. The van der Waals surface area contributed by atoms with E-state index in [4.69, 9.17) is 18.8 Å². The van der Waals surface area contributed by atoms with Crippen molar-refractivity contribution in [2.75, 3.05) is 13.7 Å². The average Bonchev–Trinajstić information content (AvgIpc) is 3.17. The van der Waals surface area contributed by atoms with Crippen LogP contribution < -0.4 is 5.59 Å². The van der Waals surface area contributed by atoms with E-state index >= 15 is 0 Å². The molecule has 0 saturated carbocycles. The Morgan fingerprint density at radius 3 is 2.39 bits per heavy atom. The van der Waals surface area contributed by atoms with Crippen molar-refractivity contribution in [2.24, 2.45) is 0 Å². The molecule has 1 aromatic carbocycles. The van der Waals surface area contributed by atoms with Gasteiger partial charge in [0.25, 0.3) is 0 Å². The molecule has 0 N–H and O–H groups in total. The number of methoxy groups -OCH3 is 1. The van der Waals surface area contributed by atoms with Gasteiger partial charge in [-0.15, -0.1) is 0 Å². The quantitative estimate of drug-likeness (QED) is 0.413. The second kappa shape index (κ2) is 8.07. The number of aromatic nitrogens is 2. The standard InChI is InChI=1S/C20H27BN2O5/c1-19(2)20(3,4)28-21(27-19)17-13-16(18(24)25-5)23(22-17)11-12-26-14-15-9-7-6-8-10-15/h6-10,13H,11-12,14H2,1-5H3. The summed E-state index contributed by atoms with van der Waals surface area (Å²) in [5.74, 6) is -0.460. The number of carbonyl (C=O) groups is 1. The fourth-order valence-corrected chi connectivity index (χ4v) is 2.87. The molecule has 0 radical (unpaired) electrons. The van der Waals surface area contributed by atoms with Crippen LogP contribution in [0.3, 0.4) is 0 Å². The van der Waals surface area contributed by atoms with Gasteiger partial charge in [0.05, 0.1) is 43.7 Å². The summed E-state index contributed by atoms with van der Waals surface area (Å²) in [6.07, 6.45) is 0. The third kappa shape index (κ3) is 4.29. The molecule has 1 aliphatic rings. The van der Waals surface area contributed by atoms with E-state index in [0.717, 1.165) is 5.56 Å². The van der Waals surface area contributed by atoms with Gasteiger partial charge in [0, 0.05) is 0 Å². The van der Waals surface area contributed by atoms with E-state index in [1.807, 2.05) is 58.0 Å². The van der Waals surface area contributed by atoms with Crippen molar-refractivity contribution in [1.82, 2.24) is 9.78 Å². The molecule has 0 unspecified atom stereocenters. The summed E-state index contributed by atoms with van der Waals surface area (Å²) in [5.41, 5.74) is 1.02. The van der Waals surface area contributed by atoms with Crippen LogP contribution in [-0.4, -0.2) is 47.8 Å². The van der Waals surface area contributed by atoms with Crippen LogP contribution in [0.15, 0.2) is 36.4 Å². The van der Waals surface area contributed by atoms with E-state index < -0.39 is 24.3 Å². The zero-order valence-electron chi connectivity index (χ0n) is 17.1. The average molecular weight is 386 g/mol. The Morgan fingerprint density at radius 1 is 1.14 bits per heavy atom. The normalized spacial score (nSPS) is 17.7. The summed E-state index contributed by atoms with van der Waals surface area (Å²) in [6.45, 7) is 9.22. The number of nitrogens with zero attached hydrogens (tertiary/aromatic N) is 2. The number of rotatable bonds is 7. The molecule has 150 valence electrons. The minimum Gasteiger partial charge on any atom is -0.464 e. The third-order valence-electron chi connectivity index (χ3n) is 5.25. The van der Waals surface area contributed by atoms with Crippen LogP contribution in [0, 0.1) is 0 Å². The summed E-state index contributed by atoms with van der Waals surface area (Å²) >= 11 is 0. The number of hydrogen-bond acceptors (Lipinski definition) is 6. The summed E-state index contributed by atoms with van der Waals surface area (Å²) < 4.78 is 24.3. The lowest BCUT2D eigenvalue weighted by atomic mass is 9.85. The predicted octanol–water partition coefficient (Wildman–Crippen LogP) is 2.19. The number of esters is 1. The van der Waals surface area contributed by atoms with Gasteiger partial charge in [-0.2, -0.15) is 5.10 Å². The number of ether oxygens (including phenoxy) is 2. The lowest BCUT2D eigenvalue weighted by Gasteiger charge is -2.32. The molecule has 2 heterocycles. The maximum Gasteiger partial charge on any atom is 0.516 e. The smallest absolute Gasteiger partial charge is 0.464 e. The summed E-state index contributed by atoms with van der Waals surface area (Å²) in [5, 5.41) is 4.52. The molecule has 2 aromatic rings. The fraction of sp³-hybridized carbons (Fsp3) is 0.500. The van der Waals surface area contributed by atoms with E-state index in [1.54, 1.807) is 10.7 Å². The largest absolute Gasteiger partial charge is 0.516 e. The van der Waals surface area contributed by atoms with Crippen LogP contribution in [-0.2, 0) is 31.9 Å². The summed E-state index contributed by atoms with van der Waals surface area (Å²) in [7, 11) is 0.708. The lowest BCUT2D eigenvalue weighted by molar-refractivity contribution is 0.00578. The minimum absolute atomic E-state index is 0.343. The van der Waals surface area contributed by atoms with Gasteiger partial charge in [0.2, 0.25) is 0 Å². The highest BCUT2D eigenvalue weighted by Gasteiger charge is 2.53. The number of hydrogen-bond donors (Lipinski definition) is 0. The molecule has 28 heavy (non-hydrogen) atoms. The Balaban J connectivity index is 1.69. The van der Waals surface area contributed by atoms with Gasteiger partial charge in [0.15, 0.2) is 0 Å². The molecule has 1 aromatic heterocycles. The molecular formula is C20H27BN2O5. The van der Waals surface area contributed by atoms with Crippen LogP contribution >= 0.6 is 0 Å². The van der Waals surface area contributed by atoms with Crippen molar-refractivity contribution in [1.29, 1.82) is 0 Å². The summed E-state index contributed by atoms with van der Waals surface area (Å²) in [4.78, 5) is 12.2. The topological polar surface area (TPSA) is 71.8 Å². The van der Waals surface area contributed by atoms with E-state index in [-0.39, 0.29) is 0 Å². The van der Waals surface area contributed by atoms with Crippen molar-refractivity contribution in [3.63, 3.8) is 0 Å². The molecule has 1 fully saturated rings. The van der Waals surface area contributed by atoms with Crippen molar-refractivity contribution < 1.29 is 23.6 Å². The van der Waals surface area contributed by atoms with Crippen LogP contribution in [0.1, 0.15) is 43.7 Å². The SMILES string of the molecule is COC(=O)c1cc(B2OC(C)(C)C(C)(C)O2)nn1CCOCc1ccccc1. The van der Waals surface area contributed by atoms with Gasteiger partial charge in [-0.3, -0.25) is 4.68 Å². The van der Waals surface area contributed by atoms with E-state index in [0.29, 0.717) is 31.0 Å². The Morgan fingerprint density at radius 2 is 1.79 bits per heavy atom. The Kier molecular flexibility index (Phi) is 5.93. The van der Waals surface area contributed by atoms with Crippen LogP contribution in [0.5, 0.6) is 0 Å². The highest BCUT2D eigenvalue weighted by molar-refractivity contribution is 6.61. The maximum absolute atomic E-state index is 12.2. The van der Waals surface area contributed by atoms with Gasteiger partial charge in [-0.25, -0.2) is 4.79 Å². The van der Waals surface area contributed by atoms with Gasteiger partial charge in [0.1, 0.15) is 5.69 Å². The minimum atomic E-state index is -0.639. The van der Waals surface area contributed by atoms with E-state index in [2.05, 4.69) is 5.10 Å². The molecule has 1 aliphatic heterocycles. The molecule has 0 amide bonds. The first-order chi connectivity index (χ1) is 13.2. The first kappa shape index (κ1) is 20.6. The van der Waals surface area contributed by atoms with Gasteiger partial charge in [-0.1, -0.05) is 30.3 Å². The molecule has 3 rings (SSSR count). The number of carbonyl (C=O) groups excluding carboxylic acids is 1.